The van der Waals surface area contributed by atoms with Crippen LogP contribution >= 0.6 is 0 Å². The Morgan fingerprint density at radius 1 is 1.28 bits per heavy atom. The Morgan fingerprint density at radius 2 is 1.94 bits per heavy atom. The summed E-state index contributed by atoms with van der Waals surface area (Å²) >= 11 is 0. The van der Waals surface area contributed by atoms with E-state index in [0.29, 0.717) is 5.69 Å². The lowest BCUT2D eigenvalue weighted by atomic mass is 10.2. The molecule has 0 radical (unpaired) electrons. The van der Waals surface area contributed by atoms with Crippen LogP contribution in [0.5, 0.6) is 0 Å². The first-order chi connectivity index (χ1) is 8.40. The topological polar surface area (TPSA) is 129 Å². The Morgan fingerprint density at radius 3 is 2.39 bits per heavy atom. The van der Waals surface area contributed by atoms with E-state index in [9.17, 15) is 14.4 Å². The molecule has 1 atom stereocenters. The fourth-order valence-corrected chi connectivity index (χ4v) is 1.12. The number of amides is 1. The maximum absolute atomic E-state index is 11.6. The molecule has 0 aliphatic carbocycles. The zero-order valence-corrected chi connectivity index (χ0v) is 9.45. The highest BCUT2D eigenvalue weighted by Crippen LogP contribution is 1.98. The van der Waals surface area contributed by atoms with Gasteiger partial charge in [-0.1, -0.05) is 0 Å². The van der Waals surface area contributed by atoms with Gasteiger partial charge in [0.1, 0.15) is 11.7 Å². The van der Waals surface area contributed by atoms with Gasteiger partial charge in [-0.2, -0.15) is 0 Å². The minimum Gasteiger partial charge on any atom is -0.481 e. The van der Waals surface area contributed by atoms with Gasteiger partial charge in [0.05, 0.1) is 18.3 Å². The molecule has 96 valence electrons. The van der Waals surface area contributed by atoms with Crippen molar-refractivity contribution in [3.05, 3.63) is 23.8 Å². The van der Waals surface area contributed by atoms with Gasteiger partial charge >= 0.3 is 11.9 Å². The summed E-state index contributed by atoms with van der Waals surface area (Å²) in [5.74, 6) is -3.53. The zero-order valence-electron chi connectivity index (χ0n) is 9.45. The average Bonchev–Trinajstić information content (AvgIpc) is 2.28. The van der Waals surface area contributed by atoms with Crippen LogP contribution in [0.4, 0.5) is 0 Å². The maximum Gasteiger partial charge on any atom is 0.326 e. The van der Waals surface area contributed by atoms with Crippen LogP contribution in [0.2, 0.25) is 0 Å². The molecular weight excluding hydrogens is 242 g/mol. The van der Waals surface area contributed by atoms with Crippen LogP contribution in [-0.4, -0.2) is 44.1 Å². The summed E-state index contributed by atoms with van der Waals surface area (Å²) in [7, 11) is 0. The second-order valence-electron chi connectivity index (χ2n) is 3.51. The van der Waals surface area contributed by atoms with Crippen LogP contribution in [-0.2, 0) is 9.59 Å². The molecule has 0 aliphatic heterocycles. The third-order valence-corrected chi connectivity index (χ3v) is 2.00. The number of nitrogens with one attached hydrogen (secondary N) is 1. The van der Waals surface area contributed by atoms with E-state index in [1.165, 1.54) is 12.4 Å². The molecular formula is C10H11N3O5. The van der Waals surface area contributed by atoms with E-state index >= 15 is 0 Å². The standard InChI is InChI=1S/C10H11N3O5/c1-5-3-12-7(4-11-5)9(16)13-6(10(17)18)2-8(14)15/h3-4,6H,2H2,1H3,(H,13,16)(H,14,15)(H,17,18). The predicted octanol–water partition coefficient (Wildman–Crippen LogP) is -0.557. The number of carboxylic acids is 2. The van der Waals surface area contributed by atoms with E-state index in [0.717, 1.165) is 0 Å². The first-order valence-corrected chi connectivity index (χ1v) is 4.94. The summed E-state index contributed by atoms with van der Waals surface area (Å²) in [5, 5.41) is 19.3. The Hall–Kier alpha value is -2.51. The monoisotopic (exact) mass is 253 g/mol. The summed E-state index contributed by atoms with van der Waals surface area (Å²) in [4.78, 5) is 40.3. The smallest absolute Gasteiger partial charge is 0.326 e. The van der Waals surface area contributed by atoms with Gasteiger partial charge in [-0.05, 0) is 6.92 Å². The van der Waals surface area contributed by atoms with Crippen LogP contribution < -0.4 is 5.32 Å². The molecule has 0 saturated carbocycles. The molecule has 0 fully saturated rings. The molecule has 18 heavy (non-hydrogen) atoms. The molecule has 0 bridgehead atoms. The average molecular weight is 253 g/mol. The largest absolute Gasteiger partial charge is 0.481 e. The van der Waals surface area contributed by atoms with Gasteiger partial charge in [-0.3, -0.25) is 14.6 Å². The lowest BCUT2D eigenvalue weighted by molar-refractivity contribution is -0.145. The lowest BCUT2D eigenvalue weighted by Crippen LogP contribution is -2.42. The molecule has 1 aromatic rings. The molecule has 3 N–H and O–H groups in total. The Balaban J connectivity index is 2.75. The molecule has 1 heterocycles. The maximum atomic E-state index is 11.6. The normalized spacial score (nSPS) is 11.6. The van der Waals surface area contributed by atoms with Crippen molar-refractivity contribution in [2.45, 2.75) is 19.4 Å². The zero-order chi connectivity index (χ0) is 13.7. The molecule has 0 aliphatic rings. The van der Waals surface area contributed by atoms with Crippen molar-refractivity contribution in [2.24, 2.45) is 0 Å². The van der Waals surface area contributed by atoms with E-state index < -0.39 is 30.3 Å². The van der Waals surface area contributed by atoms with Crippen molar-refractivity contribution in [3.8, 4) is 0 Å². The van der Waals surface area contributed by atoms with Gasteiger partial charge in [0, 0.05) is 6.20 Å². The fraction of sp³-hybridized carbons (Fsp3) is 0.300. The molecule has 1 aromatic heterocycles. The summed E-state index contributed by atoms with van der Waals surface area (Å²) in [6.07, 6.45) is 1.83. The quantitative estimate of drug-likeness (QED) is 0.641. The van der Waals surface area contributed by atoms with Crippen LogP contribution in [0.15, 0.2) is 12.4 Å². The van der Waals surface area contributed by atoms with Crippen molar-refractivity contribution < 1.29 is 24.6 Å². The molecule has 8 nitrogen and oxygen atoms in total. The Bertz CT molecular complexity index is 471. The number of carbonyl (C=O) groups is 3. The van der Waals surface area contributed by atoms with Gasteiger partial charge in [-0.15, -0.1) is 0 Å². The second kappa shape index (κ2) is 5.71. The highest BCUT2D eigenvalue weighted by Gasteiger charge is 2.24. The van der Waals surface area contributed by atoms with Crippen LogP contribution in [0, 0.1) is 6.92 Å². The van der Waals surface area contributed by atoms with E-state index in [1.807, 2.05) is 0 Å². The van der Waals surface area contributed by atoms with Gasteiger partial charge in [0.2, 0.25) is 0 Å². The summed E-state index contributed by atoms with van der Waals surface area (Å²) in [6, 6.07) is -1.50. The van der Waals surface area contributed by atoms with Crippen molar-refractivity contribution >= 4 is 17.8 Å². The molecule has 0 aromatic carbocycles. The minimum absolute atomic E-state index is 0.0720. The third-order valence-electron chi connectivity index (χ3n) is 2.00. The number of rotatable bonds is 5. The number of aryl methyl sites for hydroxylation is 1. The lowest BCUT2D eigenvalue weighted by Gasteiger charge is -2.11. The third kappa shape index (κ3) is 3.81. The van der Waals surface area contributed by atoms with E-state index in [4.69, 9.17) is 10.2 Å². The molecule has 1 amide bonds. The van der Waals surface area contributed by atoms with Gasteiger partial charge in [0.15, 0.2) is 0 Å². The summed E-state index contributed by atoms with van der Waals surface area (Å²) in [5.41, 5.74) is 0.532. The van der Waals surface area contributed by atoms with Crippen LogP contribution in [0.1, 0.15) is 22.6 Å². The number of carbonyl (C=O) groups excluding carboxylic acids is 1. The van der Waals surface area contributed by atoms with Crippen LogP contribution in [0.25, 0.3) is 0 Å². The number of aromatic nitrogens is 2. The molecule has 0 saturated heterocycles. The van der Waals surface area contributed by atoms with Gasteiger partial charge in [-0.25, -0.2) is 9.78 Å². The first kappa shape index (κ1) is 13.6. The molecule has 1 rings (SSSR count). The number of aliphatic carboxylic acids is 2. The van der Waals surface area contributed by atoms with E-state index in [1.54, 1.807) is 6.92 Å². The Kier molecular flexibility index (Phi) is 4.30. The SMILES string of the molecule is Cc1cnc(C(=O)NC(CC(=O)O)C(=O)O)cn1. The van der Waals surface area contributed by atoms with Crippen molar-refractivity contribution in [1.82, 2.24) is 15.3 Å². The fourth-order valence-electron chi connectivity index (χ4n) is 1.12. The predicted molar refractivity (Wildman–Crippen MR) is 57.9 cm³/mol. The van der Waals surface area contributed by atoms with E-state index in [-0.39, 0.29) is 5.69 Å². The number of nitrogens with zero attached hydrogens (tertiary/aromatic N) is 2. The number of hydrogen-bond acceptors (Lipinski definition) is 5. The highest BCUT2D eigenvalue weighted by atomic mass is 16.4. The minimum atomic E-state index is -1.50. The highest BCUT2D eigenvalue weighted by molar-refractivity contribution is 5.95. The van der Waals surface area contributed by atoms with Crippen LogP contribution in [0.3, 0.4) is 0 Å². The van der Waals surface area contributed by atoms with Crippen molar-refractivity contribution in [2.75, 3.05) is 0 Å². The number of carboxylic acid groups (broad SMARTS) is 2. The first-order valence-electron chi connectivity index (χ1n) is 4.94. The second-order valence-corrected chi connectivity index (χ2v) is 3.51. The summed E-state index contributed by atoms with van der Waals surface area (Å²) in [6.45, 7) is 1.68. The Labute approximate surface area is 102 Å². The molecule has 0 spiro atoms. The van der Waals surface area contributed by atoms with Gasteiger partial charge in [0.25, 0.3) is 5.91 Å². The summed E-state index contributed by atoms with van der Waals surface area (Å²) < 4.78 is 0. The van der Waals surface area contributed by atoms with E-state index in [2.05, 4.69) is 15.3 Å². The molecule has 1 unspecified atom stereocenters. The van der Waals surface area contributed by atoms with Gasteiger partial charge < -0.3 is 15.5 Å². The van der Waals surface area contributed by atoms with Crippen molar-refractivity contribution in [1.29, 1.82) is 0 Å². The van der Waals surface area contributed by atoms with Crippen molar-refractivity contribution in [3.63, 3.8) is 0 Å². The molecule has 8 heteroatoms. The number of hydrogen-bond donors (Lipinski definition) is 3.